The lowest BCUT2D eigenvalue weighted by Crippen LogP contribution is -2.54. The van der Waals surface area contributed by atoms with E-state index < -0.39 is 41.3 Å². The van der Waals surface area contributed by atoms with Crippen LogP contribution in [0.25, 0.3) is 0 Å². The van der Waals surface area contributed by atoms with Gasteiger partial charge in [-0.15, -0.1) is 0 Å². The number of fused-ring (bicyclic) bond motifs is 3. The van der Waals surface area contributed by atoms with E-state index in [1.54, 1.807) is 0 Å². The van der Waals surface area contributed by atoms with E-state index in [1.165, 1.54) is 11.1 Å². The quantitative estimate of drug-likeness (QED) is 0.159. The molecule has 0 spiro atoms. The molecule has 4 nitrogen and oxygen atoms in total. The van der Waals surface area contributed by atoms with E-state index in [0.717, 1.165) is 77.2 Å². The Balaban J connectivity index is 1.07. The van der Waals surface area contributed by atoms with Crippen LogP contribution in [-0.2, 0) is 17.2 Å². The SMILES string of the molecule is CN(CCCCC[C@@H]1Cc2cc(O)ccc2[C@H]2CC[C@]3(C)C4(O)CCC3(CC4)[C@H]12)CCCS(=O)CCCC(F)(F)C(F)(F)F. The summed E-state index contributed by atoms with van der Waals surface area (Å²) in [7, 11) is 0.607. The molecule has 1 unspecified atom stereocenters. The second kappa shape index (κ2) is 12.7. The zero-order valence-corrected chi connectivity index (χ0v) is 27.1. The molecule has 0 aromatic heterocycles. The van der Waals surface area contributed by atoms with Gasteiger partial charge in [0.2, 0.25) is 0 Å². The molecule has 0 radical (unpaired) electrons. The maximum atomic E-state index is 13.0. The standard InChI is InChI=1S/C34H50F5NO3S/c1-30-13-11-28-27-10-9-26(41)23-25(27)22-24(29(28)31(30)14-16-32(30,42)17-15-31)8-4-3-5-18-40(2)19-7-21-44(43)20-6-12-33(35,36)34(37,38)39/h9-10,23-24,28-29,41-42H,3-8,11-22H2,1-2H3/t24-,28-,29-,30+,31?,32?,44?/m1/s1. The Kier molecular flexibility index (Phi) is 9.87. The van der Waals surface area contributed by atoms with Gasteiger partial charge in [0.25, 0.3) is 0 Å². The summed E-state index contributed by atoms with van der Waals surface area (Å²) in [5.74, 6) is -2.61. The number of halogens is 5. The molecule has 10 heteroatoms. The Bertz CT molecular complexity index is 1180. The molecule has 0 heterocycles. The minimum atomic E-state index is -5.55. The predicted molar refractivity (Wildman–Crippen MR) is 163 cm³/mol. The van der Waals surface area contributed by atoms with Crippen LogP contribution in [0.1, 0.15) is 107 Å². The first-order valence-electron chi connectivity index (χ1n) is 16.6. The van der Waals surface area contributed by atoms with E-state index in [9.17, 15) is 36.4 Å². The van der Waals surface area contributed by atoms with Crippen molar-refractivity contribution in [2.75, 3.05) is 31.6 Å². The number of aliphatic hydroxyl groups is 1. The molecule has 250 valence electrons. The molecule has 44 heavy (non-hydrogen) atoms. The van der Waals surface area contributed by atoms with Crippen LogP contribution in [-0.4, -0.2) is 68.7 Å². The summed E-state index contributed by atoms with van der Waals surface area (Å²) in [5.41, 5.74) is 2.40. The molecule has 2 N–H and O–H groups in total. The number of hydrogen-bond acceptors (Lipinski definition) is 4. The van der Waals surface area contributed by atoms with Gasteiger partial charge in [-0.1, -0.05) is 25.8 Å². The molecule has 4 aliphatic carbocycles. The van der Waals surface area contributed by atoms with Crippen molar-refractivity contribution in [3.05, 3.63) is 29.3 Å². The average molecular weight is 648 g/mol. The largest absolute Gasteiger partial charge is 0.508 e. The molecule has 1 aromatic rings. The first-order chi connectivity index (χ1) is 20.6. The number of benzene rings is 1. The monoisotopic (exact) mass is 647 g/mol. The lowest BCUT2D eigenvalue weighted by molar-refractivity contribution is -0.284. The maximum absolute atomic E-state index is 13.0. The van der Waals surface area contributed by atoms with Crippen molar-refractivity contribution in [3.8, 4) is 5.75 Å². The molecule has 5 atom stereocenters. The van der Waals surface area contributed by atoms with Crippen LogP contribution in [0.15, 0.2) is 18.2 Å². The van der Waals surface area contributed by atoms with E-state index in [4.69, 9.17) is 0 Å². The van der Waals surface area contributed by atoms with E-state index >= 15 is 0 Å². The normalized spacial score (nSPS) is 33.7. The maximum Gasteiger partial charge on any atom is 0.453 e. The molecule has 0 saturated heterocycles. The lowest BCUT2D eigenvalue weighted by atomic mass is 9.45. The molecule has 2 bridgehead atoms. The van der Waals surface area contributed by atoms with Crippen molar-refractivity contribution in [2.24, 2.45) is 22.7 Å². The van der Waals surface area contributed by atoms with E-state index in [-0.39, 0.29) is 16.6 Å². The summed E-state index contributed by atoms with van der Waals surface area (Å²) in [6.45, 7) is 3.98. The first kappa shape index (κ1) is 34.1. The minimum Gasteiger partial charge on any atom is -0.508 e. The zero-order chi connectivity index (χ0) is 32.0. The molecule has 0 aliphatic heterocycles. The fraction of sp³-hybridized carbons (Fsp3) is 0.824. The lowest BCUT2D eigenvalue weighted by Gasteiger charge is -2.59. The van der Waals surface area contributed by atoms with E-state index in [2.05, 4.69) is 17.9 Å². The topological polar surface area (TPSA) is 60.8 Å². The third-order valence-electron chi connectivity index (χ3n) is 12.4. The number of rotatable bonds is 14. The summed E-state index contributed by atoms with van der Waals surface area (Å²) >= 11 is 0. The molecule has 5 rings (SSSR count). The highest BCUT2D eigenvalue weighted by molar-refractivity contribution is 7.84. The summed E-state index contributed by atoms with van der Waals surface area (Å²) in [6, 6.07) is 5.98. The molecule has 3 saturated carbocycles. The van der Waals surface area contributed by atoms with Gasteiger partial charge in [0.15, 0.2) is 0 Å². The number of nitrogens with zero attached hydrogens (tertiary/aromatic N) is 1. The van der Waals surface area contributed by atoms with Crippen LogP contribution in [0.4, 0.5) is 22.0 Å². The molecule has 3 fully saturated rings. The smallest absolute Gasteiger partial charge is 0.453 e. The number of aromatic hydroxyl groups is 1. The van der Waals surface area contributed by atoms with Gasteiger partial charge < -0.3 is 15.1 Å². The molecular weight excluding hydrogens is 597 g/mol. The van der Waals surface area contributed by atoms with Crippen LogP contribution >= 0.6 is 0 Å². The average Bonchev–Trinajstić information content (AvgIpc) is 3.32. The number of phenolic OH excluding ortho intramolecular Hbond substituents is 1. The third-order valence-corrected chi connectivity index (χ3v) is 13.9. The van der Waals surface area contributed by atoms with Gasteiger partial charge in [-0.25, -0.2) is 0 Å². The predicted octanol–water partition coefficient (Wildman–Crippen LogP) is 7.98. The third kappa shape index (κ3) is 6.22. The van der Waals surface area contributed by atoms with Crippen molar-refractivity contribution >= 4 is 10.8 Å². The van der Waals surface area contributed by atoms with Crippen LogP contribution in [0.5, 0.6) is 5.75 Å². The van der Waals surface area contributed by atoms with Gasteiger partial charge >= 0.3 is 12.1 Å². The summed E-state index contributed by atoms with van der Waals surface area (Å²) in [6.07, 6.45) is 5.01. The highest BCUT2D eigenvalue weighted by atomic mass is 32.2. The number of hydrogen-bond donors (Lipinski definition) is 2. The van der Waals surface area contributed by atoms with Crippen molar-refractivity contribution in [1.29, 1.82) is 0 Å². The number of phenols is 1. The second-order valence-corrected chi connectivity index (χ2v) is 16.4. The van der Waals surface area contributed by atoms with Crippen molar-refractivity contribution in [2.45, 2.75) is 120 Å². The summed E-state index contributed by atoms with van der Waals surface area (Å²) < 4.78 is 75.0. The van der Waals surface area contributed by atoms with E-state index in [1.807, 2.05) is 19.2 Å². The molecular formula is C34H50F5NO3S. The Morgan fingerprint density at radius 2 is 1.64 bits per heavy atom. The highest BCUT2D eigenvalue weighted by Crippen LogP contribution is 2.78. The highest BCUT2D eigenvalue weighted by Gasteiger charge is 2.74. The van der Waals surface area contributed by atoms with Crippen LogP contribution in [0.3, 0.4) is 0 Å². The second-order valence-electron chi connectivity index (χ2n) is 14.7. The van der Waals surface area contributed by atoms with Crippen LogP contribution in [0, 0.1) is 22.7 Å². The molecule has 4 aliphatic rings. The summed E-state index contributed by atoms with van der Waals surface area (Å²) in [4.78, 5) is 2.17. The number of unbranched alkanes of at least 4 members (excludes halogenated alkanes) is 2. The van der Waals surface area contributed by atoms with Crippen LogP contribution < -0.4 is 0 Å². The van der Waals surface area contributed by atoms with Gasteiger partial charge in [-0.2, -0.15) is 22.0 Å². The summed E-state index contributed by atoms with van der Waals surface area (Å²) in [5, 5.41) is 21.9. The van der Waals surface area contributed by atoms with E-state index in [0.29, 0.717) is 42.2 Å². The fourth-order valence-electron chi connectivity index (χ4n) is 10.1. The first-order valence-corrected chi connectivity index (χ1v) is 18.1. The zero-order valence-electron chi connectivity index (χ0n) is 26.2. The van der Waals surface area contributed by atoms with Crippen LogP contribution in [0.2, 0.25) is 0 Å². The fourth-order valence-corrected chi connectivity index (χ4v) is 11.2. The van der Waals surface area contributed by atoms with Gasteiger partial charge in [0.05, 0.1) is 5.60 Å². The van der Waals surface area contributed by atoms with Gasteiger partial charge in [0.1, 0.15) is 5.75 Å². The number of alkyl halides is 5. The Hall–Kier alpha value is -1.26. The molecule has 0 amide bonds. The van der Waals surface area contributed by atoms with Gasteiger partial charge in [0, 0.05) is 34.1 Å². The van der Waals surface area contributed by atoms with Gasteiger partial charge in [-0.05, 0) is 137 Å². The Morgan fingerprint density at radius 3 is 2.34 bits per heavy atom. The minimum absolute atomic E-state index is 0.00559. The Labute approximate surface area is 261 Å². The van der Waals surface area contributed by atoms with Gasteiger partial charge in [-0.3, -0.25) is 4.21 Å². The Morgan fingerprint density at radius 1 is 0.955 bits per heavy atom. The molecule has 1 aromatic carbocycles. The van der Waals surface area contributed by atoms with Crippen molar-refractivity contribution in [1.82, 2.24) is 4.90 Å². The van der Waals surface area contributed by atoms with Crippen molar-refractivity contribution < 1.29 is 36.4 Å². The van der Waals surface area contributed by atoms with Crippen molar-refractivity contribution in [3.63, 3.8) is 0 Å².